The summed E-state index contributed by atoms with van der Waals surface area (Å²) >= 11 is -2.28. The second kappa shape index (κ2) is 10.7. The minimum atomic E-state index is -2.28. The maximum Gasteiger partial charge on any atom is 0.231 e. The Kier molecular flexibility index (Phi) is 7.71. The standard InChI is InChI=1S/C22H26F2N6O3S/c1-13-10-25-21(26-11-13)16(14(2)29-34(31)32)9-19-27-28-22(15-5-4-8-33-12-15)30(19)20-17(23)6-3-7-18(20)24/h3,6-7,10-11,14-16,29H,4-5,8-9,12H2,1-2H3,(H,31,32)/t14-,15+,16-/m1/s1. The van der Waals surface area contributed by atoms with Gasteiger partial charge >= 0.3 is 0 Å². The van der Waals surface area contributed by atoms with Gasteiger partial charge in [0.15, 0.2) is 0 Å². The molecule has 0 radical (unpaired) electrons. The topological polar surface area (TPSA) is 115 Å². The summed E-state index contributed by atoms with van der Waals surface area (Å²) in [6.07, 6.45) is 4.95. The molecule has 34 heavy (non-hydrogen) atoms. The van der Waals surface area contributed by atoms with Crippen LogP contribution in [-0.2, 0) is 22.4 Å². The van der Waals surface area contributed by atoms with Gasteiger partial charge in [0.25, 0.3) is 0 Å². The number of hydrogen-bond donors (Lipinski definition) is 2. The van der Waals surface area contributed by atoms with Crippen LogP contribution in [-0.4, -0.2) is 52.7 Å². The van der Waals surface area contributed by atoms with Crippen molar-refractivity contribution in [2.75, 3.05) is 13.2 Å². The van der Waals surface area contributed by atoms with Gasteiger partial charge < -0.3 is 4.74 Å². The first kappa shape index (κ1) is 24.5. The highest BCUT2D eigenvalue weighted by Gasteiger charge is 2.31. The predicted octanol–water partition coefficient (Wildman–Crippen LogP) is 2.98. The van der Waals surface area contributed by atoms with E-state index in [1.807, 2.05) is 6.92 Å². The molecule has 182 valence electrons. The number of para-hydroxylation sites is 1. The minimum Gasteiger partial charge on any atom is -0.381 e. The molecule has 3 heterocycles. The molecule has 0 aliphatic carbocycles. The molecule has 0 bridgehead atoms. The van der Waals surface area contributed by atoms with Crippen molar-refractivity contribution in [3.63, 3.8) is 0 Å². The summed E-state index contributed by atoms with van der Waals surface area (Å²) in [6.45, 7) is 4.56. The van der Waals surface area contributed by atoms with Gasteiger partial charge in [0.2, 0.25) is 11.3 Å². The van der Waals surface area contributed by atoms with Crippen molar-refractivity contribution in [2.45, 2.75) is 51.0 Å². The number of rotatable bonds is 8. The molecule has 4 rings (SSSR count). The van der Waals surface area contributed by atoms with Crippen LogP contribution in [0.15, 0.2) is 30.6 Å². The molecule has 0 saturated carbocycles. The maximum atomic E-state index is 14.9. The zero-order valence-corrected chi connectivity index (χ0v) is 19.6. The zero-order valence-electron chi connectivity index (χ0n) is 18.8. The summed E-state index contributed by atoms with van der Waals surface area (Å²) in [6, 6.07) is 3.10. The van der Waals surface area contributed by atoms with E-state index in [9.17, 15) is 17.5 Å². The van der Waals surface area contributed by atoms with Crippen molar-refractivity contribution in [3.05, 3.63) is 65.3 Å². The Morgan fingerprint density at radius 3 is 2.59 bits per heavy atom. The van der Waals surface area contributed by atoms with Crippen molar-refractivity contribution < 1.29 is 22.3 Å². The fraction of sp³-hybridized carbons (Fsp3) is 0.455. The van der Waals surface area contributed by atoms with Gasteiger partial charge in [0.05, 0.1) is 6.61 Å². The van der Waals surface area contributed by atoms with Crippen molar-refractivity contribution in [1.29, 1.82) is 0 Å². The van der Waals surface area contributed by atoms with E-state index in [4.69, 9.17) is 4.74 Å². The molecule has 1 aliphatic heterocycles. The van der Waals surface area contributed by atoms with Gasteiger partial charge in [0.1, 0.15) is 34.8 Å². The van der Waals surface area contributed by atoms with Crippen LogP contribution in [0, 0.1) is 18.6 Å². The second-order valence-corrected chi connectivity index (χ2v) is 9.11. The molecular formula is C22H26F2N6O3S. The summed E-state index contributed by atoms with van der Waals surface area (Å²) in [5.41, 5.74) is 0.586. The molecule has 2 aromatic heterocycles. The minimum absolute atomic E-state index is 0.114. The molecule has 1 aromatic carbocycles. The lowest BCUT2D eigenvalue weighted by Gasteiger charge is -2.25. The fourth-order valence-corrected chi connectivity index (χ4v) is 4.62. The first-order valence-corrected chi connectivity index (χ1v) is 12.1. The highest BCUT2D eigenvalue weighted by Crippen LogP contribution is 2.31. The monoisotopic (exact) mass is 492 g/mol. The number of hydrogen-bond acceptors (Lipinski definition) is 6. The third kappa shape index (κ3) is 5.35. The molecule has 1 fully saturated rings. The number of benzene rings is 1. The summed E-state index contributed by atoms with van der Waals surface area (Å²) in [5, 5.41) is 8.61. The SMILES string of the molecule is Cc1cnc([C@H](Cc2nnc([C@H]3CCCOC3)n2-c2c(F)cccc2F)[C@@H](C)NS(=O)O)nc1. The highest BCUT2D eigenvalue weighted by atomic mass is 32.2. The van der Waals surface area contributed by atoms with Crippen LogP contribution in [0.3, 0.4) is 0 Å². The van der Waals surface area contributed by atoms with E-state index >= 15 is 0 Å². The molecular weight excluding hydrogens is 466 g/mol. The fourth-order valence-electron chi connectivity index (χ4n) is 4.14. The van der Waals surface area contributed by atoms with Crippen LogP contribution in [0.2, 0.25) is 0 Å². The highest BCUT2D eigenvalue weighted by molar-refractivity contribution is 7.77. The number of nitrogens with one attached hydrogen (secondary N) is 1. The molecule has 1 saturated heterocycles. The normalized spacial score (nSPS) is 19.0. The Morgan fingerprint density at radius 2 is 1.97 bits per heavy atom. The Hall–Kier alpha value is -2.67. The Labute approximate surface area is 198 Å². The number of halogens is 2. The van der Waals surface area contributed by atoms with Gasteiger partial charge in [-0.15, -0.1) is 10.2 Å². The Balaban J connectivity index is 1.81. The zero-order chi connectivity index (χ0) is 24.2. The van der Waals surface area contributed by atoms with Gasteiger partial charge in [-0.05, 0) is 44.4 Å². The smallest absolute Gasteiger partial charge is 0.231 e. The predicted molar refractivity (Wildman–Crippen MR) is 121 cm³/mol. The van der Waals surface area contributed by atoms with E-state index in [0.29, 0.717) is 24.9 Å². The number of ether oxygens (including phenoxy) is 1. The van der Waals surface area contributed by atoms with Crippen molar-refractivity contribution >= 4 is 11.3 Å². The van der Waals surface area contributed by atoms with Gasteiger partial charge in [0, 0.05) is 43.3 Å². The first-order valence-electron chi connectivity index (χ1n) is 11.0. The van der Waals surface area contributed by atoms with E-state index in [0.717, 1.165) is 18.4 Å². The van der Waals surface area contributed by atoms with Gasteiger partial charge in [-0.25, -0.2) is 27.7 Å². The van der Waals surface area contributed by atoms with Crippen molar-refractivity contribution in [1.82, 2.24) is 29.5 Å². The molecule has 4 atom stereocenters. The summed E-state index contributed by atoms with van der Waals surface area (Å²) in [7, 11) is 0. The number of aryl methyl sites for hydroxylation is 1. The van der Waals surface area contributed by atoms with Gasteiger partial charge in [-0.3, -0.25) is 9.12 Å². The molecule has 1 aliphatic rings. The molecule has 9 nitrogen and oxygen atoms in total. The van der Waals surface area contributed by atoms with E-state index in [-0.39, 0.29) is 23.9 Å². The lowest BCUT2D eigenvalue weighted by Crippen LogP contribution is -2.35. The van der Waals surface area contributed by atoms with Crippen molar-refractivity contribution in [2.24, 2.45) is 0 Å². The average molecular weight is 493 g/mol. The van der Waals surface area contributed by atoms with Crippen LogP contribution in [0.25, 0.3) is 5.69 Å². The van der Waals surface area contributed by atoms with E-state index in [1.165, 1.54) is 22.8 Å². The van der Waals surface area contributed by atoms with Gasteiger partial charge in [-0.1, -0.05) is 6.07 Å². The molecule has 0 spiro atoms. The van der Waals surface area contributed by atoms with Crippen LogP contribution in [0.4, 0.5) is 8.78 Å². The lowest BCUT2D eigenvalue weighted by molar-refractivity contribution is 0.0774. The van der Waals surface area contributed by atoms with Gasteiger partial charge in [-0.2, -0.15) is 0 Å². The quantitative estimate of drug-likeness (QED) is 0.465. The van der Waals surface area contributed by atoms with Crippen LogP contribution >= 0.6 is 0 Å². The molecule has 1 unspecified atom stereocenters. The third-order valence-electron chi connectivity index (χ3n) is 5.87. The molecule has 0 amide bonds. The van der Waals surface area contributed by atoms with E-state index in [1.54, 1.807) is 19.3 Å². The first-order chi connectivity index (χ1) is 16.3. The maximum absolute atomic E-state index is 14.9. The number of nitrogens with zero attached hydrogens (tertiary/aromatic N) is 5. The van der Waals surface area contributed by atoms with E-state index in [2.05, 4.69) is 24.9 Å². The van der Waals surface area contributed by atoms with Crippen LogP contribution < -0.4 is 4.72 Å². The Morgan fingerprint density at radius 1 is 1.26 bits per heavy atom. The van der Waals surface area contributed by atoms with Crippen LogP contribution in [0.1, 0.15) is 54.6 Å². The molecule has 2 N–H and O–H groups in total. The Bertz CT molecular complexity index is 1130. The summed E-state index contributed by atoms with van der Waals surface area (Å²) in [4.78, 5) is 8.76. The van der Waals surface area contributed by atoms with E-state index < -0.39 is 34.9 Å². The summed E-state index contributed by atoms with van der Waals surface area (Å²) < 4.78 is 60.2. The number of aromatic nitrogens is 5. The average Bonchev–Trinajstić information content (AvgIpc) is 3.21. The molecule has 12 heteroatoms. The third-order valence-corrected chi connectivity index (χ3v) is 6.44. The molecule has 3 aromatic rings. The van der Waals surface area contributed by atoms with Crippen LogP contribution in [0.5, 0.6) is 0 Å². The summed E-state index contributed by atoms with van der Waals surface area (Å²) in [5.74, 6) is -1.10. The van der Waals surface area contributed by atoms with Crippen molar-refractivity contribution in [3.8, 4) is 5.69 Å². The lowest BCUT2D eigenvalue weighted by atomic mass is 9.96. The second-order valence-electron chi connectivity index (χ2n) is 8.38. The largest absolute Gasteiger partial charge is 0.381 e.